The van der Waals surface area contributed by atoms with Gasteiger partial charge in [-0.3, -0.25) is 4.79 Å². The third-order valence-corrected chi connectivity index (χ3v) is 7.88. The maximum atomic E-state index is 13.0. The first kappa shape index (κ1) is 19.4. The van der Waals surface area contributed by atoms with E-state index in [1.807, 2.05) is 14.0 Å². The SMILES string of the molecule is CC1CCCCN1S(=O)(=O)c1cccc(C(=O)N(C)C2CCCCC2)c1. The molecule has 1 aliphatic heterocycles. The summed E-state index contributed by atoms with van der Waals surface area (Å²) < 4.78 is 27.7. The molecule has 0 spiro atoms. The van der Waals surface area contributed by atoms with Gasteiger partial charge in [-0.1, -0.05) is 31.7 Å². The summed E-state index contributed by atoms with van der Waals surface area (Å²) in [7, 11) is -1.72. The van der Waals surface area contributed by atoms with Crippen molar-refractivity contribution in [1.29, 1.82) is 0 Å². The van der Waals surface area contributed by atoms with Crippen LogP contribution in [0, 0.1) is 0 Å². The van der Waals surface area contributed by atoms with Crippen LogP contribution in [0.15, 0.2) is 29.2 Å². The van der Waals surface area contributed by atoms with Crippen LogP contribution in [0.1, 0.15) is 68.6 Å². The van der Waals surface area contributed by atoms with Gasteiger partial charge >= 0.3 is 0 Å². The fraction of sp³-hybridized carbons (Fsp3) is 0.650. The highest BCUT2D eigenvalue weighted by atomic mass is 32.2. The summed E-state index contributed by atoms with van der Waals surface area (Å²) in [6.45, 7) is 2.52. The molecule has 2 aliphatic rings. The van der Waals surface area contributed by atoms with Crippen LogP contribution in [-0.2, 0) is 10.0 Å². The summed E-state index contributed by atoms with van der Waals surface area (Å²) in [6.07, 6.45) is 8.47. The number of hydrogen-bond donors (Lipinski definition) is 0. The van der Waals surface area contributed by atoms with E-state index in [2.05, 4.69) is 0 Å². The molecule has 144 valence electrons. The normalized spacial score (nSPS) is 22.9. The Labute approximate surface area is 157 Å². The quantitative estimate of drug-likeness (QED) is 0.803. The predicted octanol–water partition coefficient (Wildman–Crippen LogP) is 3.65. The Morgan fingerprint density at radius 3 is 2.46 bits per heavy atom. The molecule has 6 heteroatoms. The summed E-state index contributed by atoms with van der Waals surface area (Å²) >= 11 is 0. The van der Waals surface area contributed by atoms with Crippen LogP contribution >= 0.6 is 0 Å². The van der Waals surface area contributed by atoms with Crippen molar-refractivity contribution in [2.24, 2.45) is 0 Å². The molecule has 0 aromatic heterocycles. The van der Waals surface area contributed by atoms with Crippen molar-refractivity contribution in [3.8, 4) is 0 Å². The standard InChI is InChI=1S/C20H30N2O3S/c1-16-9-6-7-14-22(16)26(24,25)19-13-8-10-17(15-19)20(23)21(2)18-11-4-3-5-12-18/h8,10,13,15-16,18H,3-7,9,11-12,14H2,1-2H3. The van der Waals surface area contributed by atoms with E-state index in [1.54, 1.807) is 33.5 Å². The molecule has 1 heterocycles. The summed E-state index contributed by atoms with van der Waals surface area (Å²) in [4.78, 5) is 14.9. The number of carbonyl (C=O) groups is 1. The van der Waals surface area contributed by atoms with E-state index in [9.17, 15) is 13.2 Å². The van der Waals surface area contributed by atoms with Gasteiger partial charge in [-0.25, -0.2) is 8.42 Å². The van der Waals surface area contributed by atoms with Gasteiger partial charge < -0.3 is 4.90 Å². The molecule has 1 saturated heterocycles. The largest absolute Gasteiger partial charge is 0.339 e. The Bertz CT molecular complexity index is 741. The summed E-state index contributed by atoms with van der Waals surface area (Å²) in [5.74, 6) is -0.0827. The van der Waals surface area contributed by atoms with Gasteiger partial charge in [0, 0.05) is 31.2 Å². The highest BCUT2D eigenvalue weighted by Crippen LogP contribution is 2.27. The second kappa shape index (κ2) is 8.09. The molecule has 0 bridgehead atoms. The zero-order valence-electron chi connectivity index (χ0n) is 15.9. The van der Waals surface area contributed by atoms with E-state index < -0.39 is 10.0 Å². The molecule has 1 aromatic carbocycles. The van der Waals surface area contributed by atoms with Crippen LogP contribution in [-0.4, -0.2) is 49.2 Å². The fourth-order valence-electron chi connectivity index (χ4n) is 4.19. The number of carbonyl (C=O) groups excluding carboxylic acids is 1. The molecule has 0 radical (unpaired) electrons. The Balaban J connectivity index is 1.82. The van der Waals surface area contributed by atoms with Crippen molar-refractivity contribution in [2.45, 2.75) is 75.3 Å². The minimum absolute atomic E-state index is 0.0121. The van der Waals surface area contributed by atoms with E-state index in [4.69, 9.17) is 0 Å². The van der Waals surface area contributed by atoms with Gasteiger partial charge in [-0.2, -0.15) is 4.31 Å². The third-order valence-electron chi connectivity index (χ3n) is 5.87. The van der Waals surface area contributed by atoms with Gasteiger partial charge in [0.1, 0.15) is 0 Å². The Morgan fingerprint density at radius 1 is 1.08 bits per heavy atom. The molecule has 26 heavy (non-hydrogen) atoms. The number of amides is 1. The van der Waals surface area contributed by atoms with Crippen molar-refractivity contribution >= 4 is 15.9 Å². The lowest BCUT2D eigenvalue weighted by Crippen LogP contribution is -2.42. The van der Waals surface area contributed by atoms with Crippen molar-refractivity contribution in [3.63, 3.8) is 0 Å². The zero-order chi connectivity index (χ0) is 18.7. The van der Waals surface area contributed by atoms with Gasteiger partial charge in [0.25, 0.3) is 5.91 Å². The molecule has 1 atom stereocenters. The molecule has 5 nitrogen and oxygen atoms in total. The van der Waals surface area contributed by atoms with Gasteiger partial charge in [-0.15, -0.1) is 0 Å². The first-order valence-electron chi connectivity index (χ1n) is 9.80. The van der Waals surface area contributed by atoms with E-state index >= 15 is 0 Å². The Kier molecular flexibility index (Phi) is 6.03. The zero-order valence-corrected chi connectivity index (χ0v) is 16.7. The van der Waals surface area contributed by atoms with Crippen molar-refractivity contribution in [3.05, 3.63) is 29.8 Å². The van der Waals surface area contributed by atoms with Crippen LogP contribution in [0.5, 0.6) is 0 Å². The van der Waals surface area contributed by atoms with Crippen LogP contribution in [0.2, 0.25) is 0 Å². The second-order valence-corrected chi connectivity index (χ2v) is 9.59. The minimum Gasteiger partial charge on any atom is -0.339 e. The van der Waals surface area contributed by atoms with Gasteiger partial charge in [0.05, 0.1) is 4.90 Å². The Morgan fingerprint density at radius 2 is 1.77 bits per heavy atom. The Hall–Kier alpha value is -1.40. The smallest absolute Gasteiger partial charge is 0.253 e. The first-order chi connectivity index (χ1) is 12.4. The molecule has 2 fully saturated rings. The third kappa shape index (κ3) is 3.96. The first-order valence-corrected chi connectivity index (χ1v) is 11.2. The molecule has 0 N–H and O–H groups in total. The highest BCUT2D eigenvalue weighted by Gasteiger charge is 2.31. The topological polar surface area (TPSA) is 57.7 Å². The van der Waals surface area contributed by atoms with Gasteiger partial charge in [0.2, 0.25) is 10.0 Å². The maximum Gasteiger partial charge on any atom is 0.253 e. The predicted molar refractivity (Wildman–Crippen MR) is 103 cm³/mol. The van der Waals surface area contributed by atoms with Crippen LogP contribution in [0.4, 0.5) is 0 Å². The average Bonchev–Trinajstić information content (AvgIpc) is 2.68. The van der Waals surface area contributed by atoms with Crippen molar-refractivity contribution < 1.29 is 13.2 Å². The van der Waals surface area contributed by atoms with Crippen LogP contribution in [0.25, 0.3) is 0 Å². The van der Waals surface area contributed by atoms with Crippen LogP contribution in [0.3, 0.4) is 0 Å². The summed E-state index contributed by atoms with van der Waals surface area (Å²) in [6, 6.07) is 6.84. The second-order valence-electron chi connectivity index (χ2n) is 7.70. The lowest BCUT2D eigenvalue weighted by atomic mass is 9.94. The van der Waals surface area contributed by atoms with Crippen LogP contribution < -0.4 is 0 Å². The molecular formula is C20H30N2O3S. The summed E-state index contributed by atoms with van der Waals surface area (Å²) in [5.41, 5.74) is 0.462. The van der Waals surface area contributed by atoms with Crippen molar-refractivity contribution in [2.75, 3.05) is 13.6 Å². The number of hydrogen-bond acceptors (Lipinski definition) is 3. The van der Waals surface area contributed by atoms with Gasteiger partial charge in [0.15, 0.2) is 0 Å². The fourth-order valence-corrected chi connectivity index (χ4v) is 5.94. The number of piperidine rings is 1. The molecule has 1 amide bonds. The molecule has 1 aliphatic carbocycles. The monoisotopic (exact) mass is 378 g/mol. The van der Waals surface area contributed by atoms with Gasteiger partial charge in [-0.05, 0) is 50.8 Å². The lowest BCUT2D eigenvalue weighted by Gasteiger charge is -2.33. The molecule has 1 saturated carbocycles. The van der Waals surface area contributed by atoms with E-state index in [-0.39, 0.29) is 22.9 Å². The highest BCUT2D eigenvalue weighted by molar-refractivity contribution is 7.89. The molecule has 1 unspecified atom stereocenters. The lowest BCUT2D eigenvalue weighted by molar-refractivity contribution is 0.0696. The number of sulfonamides is 1. The maximum absolute atomic E-state index is 13.0. The molecular weight excluding hydrogens is 348 g/mol. The number of nitrogens with zero attached hydrogens (tertiary/aromatic N) is 2. The number of rotatable bonds is 4. The number of benzene rings is 1. The minimum atomic E-state index is -3.56. The van der Waals surface area contributed by atoms with Crippen molar-refractivity contribution in [1.82, 2.24) is 9.21 Å². The van der Waals surface area contributed by atoms with E-state index in [0.29, 0.717) is 12.1 Å². The van der Waals surface area contributed by atoms with E-state index in [0.717, 1.165) is 44.9 Å². The molecule has 1 aromatic rings. The summed E-state index contributed by atoms with van der Waals surface area (Å²) in [5, 5.41) is 0. The van der Waals surface area contributed by atoms with E-state index in [1.165, 1.54) is 6.42 Å². The molecule has 3 rings (SSSR count). The average molecular weight is 379 g/mol.